The Labute approximate surface area is 152 Å². The van der Waals surface area contributed by atoms with Crippen LogP contribution in [0.2, 0.25) is 0 Å². The van der Waals surface area contributed by atoms with E-state index in [9.17, 15) is 4.79 Å². The minimum Gasteiger partial charge on any atom is -0.378 e. The van der Waals surface area contributed by atoms with Gasteiger partial charge in [0.2, 0.25) is 0 Å². The molecule has 0 saturated carbocycles. The Bertz CT molecular complexity index is 506. The van der Waals surface area contributed by atoms with Crippen molar-refractivity contribution < 1.29 is 14.3 Å². The van der Waals surface area contributed by atoms with Gasteiger partial charge in [0.1, 0.15) is 0 Å². The van der Waals surface area contributed by atoms with E-state index in [0.717, 1.165) is 37.1 Å². The molecule has 0 spiro atoms. The van der Waals surface area contributed by atoms with Crippen molar-refractivity contribution in [1.29, 1.82) is 0 Å². The van der Waals surface area contributed by atoms with E-state index in [4.69, 9.17) is 9.47 Å². The summed E-state index contributed by atoms with van der Waals surface area (Å²) in [5, 5.41) is 0. The molecule has 4 heteroatoms. The van der Waals surface area contributed by atoms with Crippen LogP contribution in [0.4, 0.5) is 0 Å². The Morgan fingerprint density at radius 3 is 1.92 bits per heavy atom. The average Bonchev–Trinajstić information content (AvgIpc) is 2.62. The monoisotopic (exact) mass is 347 g/mol. The minimum atomic E-state index is 0.152. The van der Waals surface area contributed by atoms with Gasteiger partial charge in [0.15, 0.2) is 0 Å². The molecule has 1 aromatic rings. The lowest BCUT2D eigenvalue weighted by atomic mass is 9.98. The molecule has 0 atom stereocenters. The van der Waals surface area contributed by atoms with Crippen molar-refractivity contribution in [2.75, 3.05) is 26.3 Å². The molecule has 140 valence electrons. The molecule has 0 aromatic heterocycles. The highest BCUT2D eigenvalue weighted by atomic mass is 16.5. The van der Waals surface area contributed by atoms with E-state index in [1.807, 2.05) is 44.7 Å². The number of amides is 1. The van der Waals surface area contributed by atoms with Crippen LogP contribution in [-0.4, -0.2) is 49.3 Å². The van der Waals surface area contributed by atoms with Crippen molar-refractivity contribution in [3.63, 3.8) is 0 Å². The maximum atomic E-state index is 12.6. The Balaban J connectivity index is 2.03. The van der Waals surface area contributed by atoms with E-state index in [2.05, 4.69) is 12.1 Å². The third kappa shape index (κ3) is 6.44. The van der Waals surface area contributed by atoms with Crippen molar-refractivity contribution in [3.05, 3.63) is 35.4 Å². The number of likely N-dealkylation sites (tertiary alicyclic amines) is 1. The second-order valence-corrected chi connectivity index (χ2v) is 7.44. The minimum absolute atomic E-state index is 0.152. The first kappa shape index (κ1) is 19.9. The highest BCUT2D eigenvalue weighted by Gasteiger charge is 2.19. The third-order valence-electron chi connectivity index (χ3n) is 4.53. The second-order valence-electron chi connectivity index (χ2n) is 7.44. The van der Waals surface area contributed by atoms with Crippen LogP contribution in [0.15, 0.2) is 24.3 Å². The number of rotatable bonds is 8. The number of nitrogens with zero attached hydrogens (tertiary/aromatic N) is 1. The molecular weight excluding hydrogens is 314 g/mol. The third-order valence-corrected chi connectivity index (χ3v) is 4.53. The maximum absolute atomic E-state index is 12.6. The molecule has 0 aliphatic carbocycles. The van der Waals surface area contributed by atoms with Gasteiger partial charge in [0.05, 0.1) is 25.4 Å². The van der Waals surface area contributed by atoms with Gasteiger partial charge in [-0.3, -0.25) is 4.79 Å². The second kappa shape index (κ2) is 9.93. The first-order chi connectivity index (χ1) is 12.0. The van der Waals surface area contributed by atoms with Gasteiger partial charge >= 0.3 is 0 Å². The lowest BCUT2D eigenvalue weighted by molar-refractivity contribution is 0.0190. The largest absolute Gasteiger partial charge is 0.378 e. The van der Waals surface area contributed by atoms with Crippen LogP contribution in [0, 0.1) is 0 Å². The lowest BCUT2D eigenvalue weighted by Gasteiger charge is -2.27. The lowest BCUT2D eigenvalue weighted by Crippen LogP contribution is -2.35. The summed E-state index contributed by atoms with van der Waals surface area (Å²) in [6.45, 7) is 11.2. The van der Waals surface area contributed by atoms with Crippen LogP contribution in [-0.2, 0) is 9.47 Å². The fraction of sp³-hybridized carbons (Fsp3) is 0.667. The van der Waals surface area contributed by atoms with Crippen LogP contribution >= 0.6 is 0 Å². The molecule has 0 unspecified atom stereocenters. The zero-order valence-corrected chi connectivity index (χ0v) is 16.2. The summed E-state index contributed by atoms with van der Waals surface area (Å²) in [5.41, 5.74) is 1.94. The predicted octanol–water partition coefficient (Wildman–Crippen LogP) is 4.25. The Morgan fingerprint density at radius 2 is 1.44 bits per heavy atom. The van der Waals surface area contributed by atoms with Crippen LogP contribution in [0.3, 0.4) is 0 Å². The molecule has 25 heavy (non-hydrogen) atoms. The van der Waals surface area contributed by atoms with Crippen molar-refractivity contribution >= 4 is 5.91 Å². The van der Waals surface area contributed by atoms with Crippen molar-refractivity contribution in [1.82, 2.24) is 4.90 Å². The number of piperidine rings is 1. The molecule has 2 rings (SSSR count). The Hall–Kier alpha value is -1.39. The molecule has 1 aromatic carbocycles. The topological polar surface area (TPSA) is 38.8 Å². The van der Waals surface area contributed by atoms with Crippen LogP contribution in [0.25, 0.3) is 0 Å². The Kier molecular flexibility index (Phi) is 7.91. The normalized spacial score (nSPS) is 15.4. The summed E-state index contributed by atoms with van der Waals surface area (Å²) in [4.78, 5) is 14.6. The van der Waals surface area contributed by atoms with E-state index in [-0.39, 0.29) is 24.0 Å². The zero-order chi connectivity index (χ0) is 18.2. The smallest absolute Gasteiger partial charge is 0.253 e. The number of carbonyl (C=O) groups excluding carboxylic acids is 1. The van der Waals surface area contributed by atoms with E-state index >= 15 is 0 Å². The molecule has 1 heterocycles. The van der Waals surface area contributed by atoms with E-state index in [1.54, 1.807) is 0 Å². The summed E-state index contributed by atoms with van der Waals surface area (Å²) in [6.07, 6.45) is 3.86. The molecule has 1 amide bonds. The zero-order valence-electron chi connectivity index (χ0n) is 16.2. The molecule has 1 saturated heterocycles. The number of hydrogen-bond acceptors (Lipinski definition) is 3. The first-order valence-corrected chi connectivity index (χ1v) is 9.59. The van der Waals surface area contributed by atoms with E-state index in [0.29, 0.717) is 13.2 Å². The standard InChI is InChI=1S/C21H33NO3/c1-16(2)24-14-20(15-25-17(3)4)18-8-10-19(11-9-18)21(23)22-12-6-5-7-13-22/h8-11,16-17,20H,5-7,12-15H2,1-4H3. The molecule has 1 fully saturated rings. The fourth-order valence-corrected chi connectivity index (χ4v) is 3.04. The van der Waals surface area contributed by atoms with Crippen molar-refractivity contribution in [2.45, 2.75) is 65.1 Å². The summed E-state index contributed by atoms with van der Waals surface area (Å²) in [5.74, 6) is 0.337. The molecule has 1 aliphatic heterocycles. The van der Waals surface area contributed by atoms with Crippen LogP contribution < -0.4 is 0 Å². The van der Waals surface area contributed by atoms with Gasteiger partial charge < -0.3 is 14.4 Å². The molecule has 0 radical (unpaired) electrons. The van der Waals surface area contributed by atoms with Gasteiger partial charge in [0, 0.05) is 24.6 Å². The average molecular weight is 347 g/mol. The van der Waals surface area contributed by atoms with Gasteiger partial charge in [-0.25, -0.2) is 0 Å². The van der Waals surface area contributed by atoms with E-state index < -0.39 is 0 Å². The first-order valence-electron chi connectivity index (χ1n) is 9.59. The predicted molar refractivity (Wildman–Crippen MR) is 101 cm³/mol. The SMILES string of the molecule is CC(C)OCC(COC(C)C)c1ccc(C(=O)N2CCCCC2)cc1. The molecule has 1 aliphatic rings. The highest BCUT2D eigenvalue weighted by Crippen LogP contribution is 2.20. The highest BCUT2D eigenvalue weighted by molar-refractivity contribution is 5.94. The maximum Gasteiger partial charge on any atom is 0.253 e. The van der Waals surface area contributed by atoms with E-state index in [1.165, 1.54) is 6.42 Å². The molecule has 4 nitrogen and oxygen atoms in total. The summed E-state index contributed by atoms with van der Waals surface area (Å²) in [6, 6.07) is 8.00. The fourth-order valence-electron chi connectivity index (χ4n) is 3.04. The number of carbonyl (C=O) groups is 1. The van der Waals surface area contributed by atoms with Crippen molar-refractivity contribution in [2.24, 2.45) is 0 Å². The summed E-state index contributed by atoms with van der Waals surface area (Å²) < 4.78 is 11.6. The molecular formula is C21H33NO3. The van der Waals surface area contributed by atoms with Crippen LogP contribution in [0.5, 0.6) is 0 Å². The number of hydrogen-bond donors (Lipinski definition) is 0. The summed E-state index contributed by atoms with van der Waals surface area (Å²) in [7, 11) is 0. The Morgan fingerprint density at radius 1 is 0.920 bits per heavy atom. The van der Waals surface area contributed by atoms with Gasteiger partial charge in [-0.1, -0.05) is 12.1 Å². The van der Waals surface area contributed by atoms with Gasteiger partial charge in [-0.2, -0.15) is 0 Å². The number of benzene rings is 1. The van der Waals surface area contributed by atoms with Crippen molar-refractivity contribution in [3.8, 4) is 0 Å². The van der Waals surface area contributed by atoms with Gasteiger partial charge in [-0.05, 0) is 64.7 Å². The van der Waals surface area contributed by atoms with Gasteiger partial charge in [-0.15, -0.1) is 0 Å². The summed E-state index contributed by atoms with van der Waals surface area (Å²) >= 11 is 0. The quantitative estimate of drug-likeness (QED) is 0.706. The number of ether oxygens (including phenoxy) is 2. The molecule has 0 N–H and O–H groups in total. The van der Waals surface area contributed by atoms with Gasteiger partial charge in [0.25, 0.3) is 5.91 Å². The molecule has 0 bridgehead atoms. The van der Waals surface area contributed by atoms with Crippen LogP contribution in [0.1, 0.15) is 68.8 Å².